The predicted molar refractivity (Wildman–Crippen MR) is 117 cm³/mol. The van der Waals surface area contributed by atoms with E-state index in [0.717, 1.165) is 15.3 Å². The van der Waals surface area contributed by atoms with E-state index in [-0.39, 0.29) is 25.1 Å². The molecule has 0 saturated heterocycles. The zero-order chi connectivity index (χ0) is 23.9. The maximum absolute atomic E-state index is 14.6. The summed E-state index contributed by atoms with van der Waals surface area (Å²) in [5.41, 5.74) is -0.490. The number of benzene rings is 3. The Balaban J connectivity index is 0.00000324. The Morgan fingerprint density at radius 3 is 1.71 bits per heavy atom. The molecule has 4 rings (SSSR count). The molecule has 9 heteroatoms. The summed E-state index contributed by atoms with van der Waals surface area (Å²) < 4.78 is 102. The molecule has 178 valence electrons. The average Bonchev–Trinajstić information content (AvgIpc) is 3.17. The molecular formula is C25H17F7OS. The normalized spacial score (nSPS) is 11.3. The summed E-state index contributed by atoms with van der Waals surface area (Å²) >= 11 is 1.57. The Kier molecular flexibility index (Phi) is 7.07. The standard InChI is InChI=1S/C24H13F7OS.CH4/c1-12-2-7-21(33-12)14-5-3-13(4-6-14)15-8-17(25)22(18(26)9-15)24(30,31)32-16-10-19(27)23(29)20(28)11-16;/h2-11H,1H3;1H4. The number of thiophene rings is 1. The second kappa shape index (κ2) is 9.50. The zero-order valence-electron chi connectivity index (χ0n) is 16.7. The summed E-state index contributed by atoms with van der Waals surface area (Å²) in [4.78, 5) is 2.11. The molecule has 0 radical (unpaired) electrons. The van der Waals surface area contributed by atoms with Crippen LogP contribution >= 0.6 is 11.3 Å². The zero-order valence-corrected chi connectivity index (χ0v) is 17.6. The highest BCUT2D eigenvalue weighted by atomic mass is 32.1. The Bertz CT molecular complexity index is 1280. The first-order chi connectivity index (χ1) is 15.5. The number of halogens is 7. The minimum Gasteiger partial charge on any atom is -0.429 e. The Morgan fingerprint density at radius 2 is 1.21 bits per heavy atom. The van der Waals surface area contributed by atoms with E-state index in [4.69, 9.17) is 0 Å². The van der Waals surface area contributed by atoms with Gasteiger partial charge in [-0.3, -0.25) is 0 Å². The van der Waals surface area contributed by atoms with Gasteiger partial charge in [-0.1, -0.05) is 31.7 Å². The van der Waals surface area contributed by atoms with Gasteiger partial charge in [0.25, 0.3) is 0 Å². The highest BCUT2D eigenvalue weighted by molar-refractivity contribution is 7.15. The monoisotopic (exact) mass is 498 g/mol. The topological polar surface area (TPSA) is 9.23 Å². The second-order valence-electron chi connectivity index (χ2n) is 7.12. The molecule has 1 heterocycles. The molecular weight excluding hydrogens is 481 g/mol. The molecule has 1 aromatic heterocycles. The Hall–Kier alpha value is -3.33. The van der Waals surface area contributed by atoms with Gasteiger partial charge in [-0.15, -0.1) is 11.3 Å². The third kappa shape index (κ3) is 4.94. The number of hydrogen-bond acceptors (Lipinski definition) is 2. The van der Waals surface area contributed by atoms with Crippen LogP contribution < -0.4 is 4.74 Å². The molecule has 0 bridgehead atoms. The summed E-state index contributed by atoms with van der Waals surface area (Å²) in [6.45, 7) is 1.96. The maximum Gasteiger partial charge on any atom is 0.432 e. The van der Waals surface area contributed by atoms with Gasteiger partial charge in [-0.25, -0.2) is 22.0 Å². The van der Waals surface area contributed by atoms with E-state index < -0.39 is 46.5 Å². The fourth-order valence-electron chi connectivity index (χ4n) is 3.22. The van der Waals surface area contributed by atoms with Crippen LogP contribution in [0, 0.1) is 36.0 Å². The van der Waals surface area contributed by atoms with Gasteiger partial charge in [0.15, 0.2) is 17.5 Å². The number of ether oxygens (including phenoxy) is 1. The van der Waals surface area contributed by atoms with Crippen molar-refractivity contribution in [2.45, 2.75) is 20.5 Å². The average molecular weight is 498 g/mol. The van der Waals surface area contributed by atoms with Crippen molar-refractivity contribution in [2.75, 3.05) is 0 Å². The van der Waals surface area contributed by atoms with Crippen molar-refractivity contribution in [3.63, 3.8) is 0 Å². The van der Waals surface area contributed by atoms with E-state index in [1.165, 1.54) is 0 Å². The van der Waals surface area contributed by atoms with Crippen molar-refractivity contribution in [3.05, 3.63) is 100 Å². The molecule has 3 aromatic carbocycles. The summed E-state index contributed by atoms with van der Waals surface area (Å²) in [5.74, 6) is -9.88. The number of alkyl halides is 2. The van der Waals surface area contributed by atoms with Crippen molar-refractivity contribution in [1.82, 2.24) is 0 Å². The second-order valence-corrected chi connectivity index (χ2v) is 8.41. The van der Waals surface area contributed by atoms with E-state index in [9.17, 15) is 30.7 Å². The highest BCUT2D eigenvalue weighted by Crippen LogP contribution is 2.38. The first kappa shape index (κ1) is 25.3. The van der Waals surface area contributed by atoms with Crippen molar-refractivity contribution < 1.29 is 35.5 Å². The van der Waals surface area contributed by atoms with E-state index in [0.29, 0.717) is 17.7 Å². The minimum atomic E-state index is -4.63. The molecule has 0 saturated carbocycles. The van der Waals surface area contributed by atoms with Gasteiger partial charge < -0.3 is 4.74 Å². The van der Waals surface area contributed by atoms with Crippen LogP contribution in [0.5, 0.6) is 5.75 Å². The fraction of sp³-hybridized carbons (Fsp3) is 0.120. The van der Waals surface area contributed by atoms with Crippen molar-refractivity contribution in [1.29, 1.82) is 0 Å². The molecule has 0 aliphatic carbocycles. The van der Waals surface area contributed by atoms with Crippen LogP contribution in [0.4, 0.5) is 30.7 Å². The molecule has 0 amide bonds. The van der Waals surface area contributed by atoms with E-state index in [1.54, 1.807) is 35.6 Å². The molecule has 0 atom stereocenters. The van der Waals surface area contributed by atoms with Crippen LogP contribution in [0.15, 0.2) is 60.7 Å². The summed E-state index contributed by atoms with van der Waals surface area (Å²) in [6, 6.07) is 12.2. The van der Waals surface area contributed by atoms with Crippen LogP contribution in [0.1, 0.15) is 17.9 Å². The number of aryl methyl sites for hydroxylation is 1. The largest absolute Gasteiger partial charge is 0.432 e. The van der Waals surface area contributed by atoms with Crippen LogP contribution in [0.25, 0.3) is 21.6 Å². The highest BCUT2D eigenvalue weighted by Gasteiger charge is 2.41. The summed E-state index contributed by atoms with van der Waals surface area (Å²) in [5, 5.41) is 0. The molecule has 0 unspecified atom stereocenters. The third-order valence-corrected chi connectivity index (χ3v) is 5.83. The van der Waals surface area contributed by atoms with Gasteiger partial charge in [0.1, 0.15) is 22.9 Å². The Morgan fingerprint density at radius 1 is 0.676 bits per heavy atom. The third-order valence-electron chi connectivity index (χ3n) is 4.78. The summed E-state index contributed by atoms with van der Waals surface area (Å²) in [6.07, 6.45) is -4.63. The lowest BCUT2D eigenvalue weighted by Crippen LogP contribution is -2.25. The van der Waals surface area contributed by atoms with Crippen LogP contribution in [0.2, 0.25) is 0 Å². The van der Waals surface area contributed by atoms with E-state index in [1.807, 2.05) is 19.1 Å². The van der Waals surface area contributed by atoms with Gasteiger partial charge in [0, 0.05) is 21.9 Å². The molecule has 0 aliphatic heterocycles. The number of hydrogen-bond donors (Lipinski definition) is 0. The van der Waals surface area contributed by atoms with Crippen molar-refractivity contribution >= 4 is 11.3 Å². The molecule has 0 fully saturated rings. The molecule has 4 aromatic rings. The number of rotatable bonds is 5. The van der Waals surface area contributed by atoms with Gasteiger partial charge in [0.2, 0.25) is 0 Å². The van der Waals surface area contributed by atoms with Crippen molar-refractivity contribution in [2.24, 2.45) is 0 Å². The Labute approximate surface area is 195 Å². The van der Waals surface area contributed by atoms with Crippen LogP contribution in [-0.4, -0.2) is 0 Å². The predicted octanol–water partition coefficient (Wildman–Crippen LogP) is 8.85. The maximum atomic E-state index is 14.6. The first-order valence-corrected chi connectivity index (χ1v) is 10.2. The van der Waals surface area contributed by atoms with Gasteiger partial charge in [-0.2, -0.15) is 8.78 Å². The van der Waals surface area contributed by atoms with E-state index in [2.05, 4.69) is 4.74 Å². The SMILES string of the molecule is C.Cc1ccc(-c2ccc(-c3cc(F)c(C(F)(F)Oc4cc(F)c(F)c(F)c4)c(F)c3)cc2)s1. The van der Waals surface area contributed by atoms with Crippen LogP contribution in [-0.2, 0) is 6.11 Å². The smallest absolute Gasteiger partial charge is 0.429 e. The van der Waals surface area contributed by atoms with Gasteiger partial charge in [0.05, 0.1) is 0 Å². The molecule has 0 N–H and O–H groups in total. The molecule has 1 nitrogen and oxygen atoms in total. The molecule has 0 aliphatic rings. The molecule has 0 spiro atoms. The van der Waals surface area contributed by atoms with Crippen LogP contribution in [0.3, 0.4) is 0 Å². The lowest BCUT2D eigenvalue weighted by molar-refractivity contribution is -0.189. The fourth-order valence-corrected chi connectivity index (χ4v) is 4.10. The quantitative estimate of drug-likeness (QED) is 0.197. The van der Waals surface area contributed by atoms with E-state index >= 15 is 0 Å². The lowest BCUT2D eigenvalue weighted by atomic mass is 10.0. The first-order valence-electron chi connectivity index (χ1n) is 9.43. The van der Waals surface area contributed by atoms with Gasteiger partial charge >= 0.3 is 6.11 Å². The van der Waals surface area contributed by atoms with Crippen molar-refractivity contribution in [3.8, 4) is 27.3 Å². The van der Waals surface area contributed by atoms with Gasteiger partial charge in [-0.05, 0) is 47.9 Å². The molecule has 34 heavy (non-hydrogen) atoms. The minimum absolute atomic E-state index is 0. The lowest BCUT2D eigenvalue weighted by Gasteiger charge is -2.20. The summed E-state index contributed by atoms with van der Waals surface area (Å²) in [7, 11) is 0.